The first-order chi connectivity index (χ1) is 15.4. The average molecular weight is 466 g/mol. The lowest BCUT2D eigenvalue weighted by Gasteiger charge is -2.37. The lowest BCUT2D eigenvalue weighted by molar-refractivity contribution is -0.145. The first-order valence-electron chi connectivity index (χ1n) is 11.4. The summed E-state index contributed by atoms with van der Waals surface area (Å²) in [5.74, 6) is -1.26. The monoisotopic (exact) mass is 465 g/mol. The number of alkyl carbamates (subject to hydrolysis) is 1. The highest BCUT2D eigenvalue weighted by molar-refractivity contribution is 5.92. The highest BCUT2D eigenvalue weighted by atomic mass is 16.6. The molecule has 0 bridgehead atoms. The fraction of sp³-hybridized carbons (Fsp3) is 0.625. The van der Waals surface area contributed by atoms with Crippen molar-refractivity contribution < 1.29 is 29.3 Å². The van der Waals surface area contributed by atoms with E-state index < -0.39 is 48.2 Å². The van der Waals surface area contributed by atoms with E-state index in [9.17, 15) is 24.6 Å². The number of ether oxygens (including phenoxy) is 1. The number of nitrogens with one attached hydrogen (secondary N) is 2. The van der Waals surface area contributed by atoms with Crippen LogP contribution in [0.15, 0.2) is 24.3 Å². The van der Waals surface area contributed by atoms with Gasteiger partial charge in [-0.25, -0.2) is 4.79 Å². The van der Waals surface area contributed by atoms with Crippen LogP contribution in [-0.2, 0) is 14.3 Å². The number of phenolic OH excluding ortho intramolecular Hbond substituents is 1. The maximum Gasteiger partial charge on any atom is 0.408 e. The fourth-order valence-electron chi connectivity index (χ4n) is 3.31. The molecule has 0 aliphatic rings. The lowest BCUT2D eigenvalue weighted by Crippen LogP contribution is -2.56. The second-order valence-electron chi connectivity index (χ2n) is 9.18. The first-order valence-corrected chi connectivity index (χ1v) is 11.4. The van der Waals surface area contributed by atoms with Gasteiger partial charge in [-0.1, -0.05) is 38.0 Å². The van der Waals surface area contributed by atoms with E-state index in [1.54, 1.807) is 52.8 Å². The van der Waals surface area contributed by atoms with Gasteiger partial charge in [-0.3, -0.25) is 9.59 Å². The second kappa shape index (κ2) is 13.0. The molecule has 0 fully saturated rings. The number of aliphatic hydroxyl groups is 1. The molecule has 1 aromatic carbocycles. The standard InChI is InChI=1S/C24H39N3O6/c1-7-8-11-14-25-21(30)20(17-12-9-10-13-19(17)29)27(16(2)3)22(31)18(15-28)26-23(32)33-24(4,5)6/h9-10,12-13,16,18,20,28-29H,7-8,11,14-15H2,1-6H3,(H,25,30)(H,26,32). The molecule has 0 saturated carbocycles. The number of amides is 3. The Morgan fingerprint density at radius 3 is 2.27 bits per heavy atom. The van der Waals surface area contributed by atoms with E-state index in [1.807, 2.05) is 0 Å². The van der Waals surface area contributed by atoms with Gasteiger partial charge in [-0.05, 0) is 47.1 Å². The molecule has 1 aromatic rings. The number of rotatable bonds is 11. The molecule has 2 unspecified atom stereocenters. The Labute approximate surface area is 196 Å². The Morgan fingerprint density at radius 2 is 1.76 bits per heavy atom. The molecular weight excluding hydrogens is 426 g/mol. The van der Waals surface area contributed by atoms with Gasteiger partial charge in [0, 0.05) is 18.2 Å². The van der Waals surface area contributed by atoms with Gasteiger partial charge in [0.05, 0.1) is 6.61 Å². The van der Waals surface area contributed by atoms with Crippen LogP contribution in [0.5, 0.6) is 5.75 Å². The molecule has 1 rings (SSSR count). The zero-order valence-electron chi connectivity index (χ0n) is 20.6. The number of phenols is 1. The Bertz CT molecular complexity index is 791. The van der Waals surface area contributed by atoms with Gasteiger partial charge < -0.3 is 30.5 Å². The van der Waals surface area contributed by atoms with Crippen LogP contribution >= 0.6 is 0 Å². The van der Waals surface area contributed by atoms with Gasteiger partial charge in [0.15, 0.2) is 0 Å². The SMILES string of the molecule is CCCCCNC(=O)C(c1ccccc1O)N(C(=O)C(CO)NC(=O)OC(C)(C)C)C(C)C. The number of carbonyl (C=O) groups is 3. The zero-order valence-corrected chi connectivity index (χ0v) is 20.6. The number of nitrogens with zero attached hydrogens (tertiary/aromatic N) is 1. The third kappa shape index (κ3) is 8.92. The van der Waals surface area contributed by atoms with E-state index in [0.29, 0.717) is 6.54 Å². The molecule has 33 heavy (non-hydrogen) atoms. The minimum Gasteiger partial charge on any atom is -0.508 e. The van der Waals surface area contributed by atoms with Crippen LogP contribution in [0, 0.1) is 0 Å². The molecule has 3 amide bonds. The number of carbonyl (C=O) groups excluding carboxylic acids is 3. The molecule has 0 spiro atoms. The van der Waals surface area contributed by atoms with Gasteiger partial charge in [-0.2, -0.15) is 0 Å². The van der Waals surface area contributed by atoms with Crippen molar-refractivity contribution in [3.05, 3.63) is 29.8 Å². The van der Waals surface area contributed by atoms with E-state index in [4.69, 9.17) is 4.74 Å². The van der Waals surface area contributed by atoms with Crippen LogP contribution in [0.25, 0.3) is 0 Å². The van der Waals surface area contributed by atoms with E-state index in [-0.39, 0.29) is 11.3 Å². The van der Waals surface area contributed by atoms with Gasteiger partial charge in [-0.15, -0.1) is 0 Å². The summed E-state index contributed by atoms with van der Waals surface area (Å²) in [7, 11) is 0. The Hall–Kier alpha value is -2.81. The predicted molar refractivity (Wildman–Crippen MR) is 126 cm³/mol. The molecule has 0 heterocycles. The quantitative estimate of drug-likeness (QED) is 0.372. The topological polar surface area (TPSA) is 128 Å². The van der Waals surface area contributed by atoms with E-state index >= 15 is 0 Å². The number of benzene rings is 1. The predicted octanol–water partition coefficient (Wildman–Crippen LogP) is 2.86. The van der Waals surface area contributed by atoms with Crippen LogP contribution < -0.4 is 10.6 Å². The number of hydrogen-bond acceptors (Lipinski definition) is 6. The molecule has 9 nitrogen and oxygen atoms in total. The number of hydrogen-bond donors (Lipinski definition) is 4. The van der Waals surface area contributed by atoms with E-state index in [2.05, 4.69) is 17.6 Å². The van der Waals surface area contributed by atoms with Gasteiger partial charge in [0.25, 0.3) is 0 Å². The Morgan fingerprint density at radius 1 is 1.12 bits per heavy atom. The average Bonchev–Trinajstić information content (AvgIpc) is 2.71. The summed E-state index contributed by atoms with van der Waals surface area (Å²) in [6.45, 7) is 10.3. The molecule has 186 valence electrons. The van der Waals surface area contributed by atoms with Crippen LogP contribution in [0.3, 0.4) is 0 Å². The molecule has 4 N–H and O–H groups in total. The van der Waals surface area contributed by atoms with Crippen molar-refractivity contribution in [1.82, 2.24) is 15.5 Å². The van der Waals surface area contributed by atoms with Crippen molar-refractivity contribution in [2.75, 3.05) is 13.2 Å². The van der Waals surface area contributed by atoms with Gasteiger partial charge >= 0.3 is 6.09 Å². The second-order valence-corrected chi connectivity index (χ2v) is 9.18. The molecule has 0 saturated heterocycles. The number of para-hydroxylation sites is 1. The van der Waals surface area contributed by atoms with Crippen molar-refractivity contribution >= 4 is 17.9 Å². The van der Waals surface area contributed by atoms with Crippen molar-refractivity contribution in [3.8, 4) is 5.75 Å². The first kappa shape index (κ1) is 28.2. The van der Waals surface area contributed by atoms with E-state index in [0.717, 1.165) is 19.3 Å². The summed E-state index contributed by atoms with van der Waals surface area (Å²) in [5.41, 5.74) is -0.539. The molecule has 0 aliphatic heterocycles. The third-order valence-corrected chi connectivity index (χ3v) is 4.82. The highest BCUT2D eigenvalue weighted by Gasteiger charge is 2.38. The van der Waals surface area contributed by atoms with E-state index in [1.165, 1.54) is 11.0 Å². The summed E-state index contributed by atoms with van der Waals surface area (Å²) < 4.78 is 5.20. The summed E-state index contributed by atoms with van der Waals surface area (Å²) in [5, 5.41) is 25.5. The molecule has 9 heteroatoms. The van der Waals surface area contributed by atoms with Crippen LogP contribution in [0.1, 0.15) is 72.4 Å². The van der Waals surface area contributed by atoms with Crippen molar-refractivity contribution in [2.45, 2.75) is 84.5 Å². The van der Waals surface area contributed by atoms with Crippen molar-refractivity contribution in [3.63, 3.8) is 0 Å². The summed E-state index contributed by atoms with van der Waals surface area (Å²) in [4.78, 5) is 40.2. The molecule has 2 atom stereocenters. The summed E-state index contributed by atoms with van der Waals surface area (Å²) in [6, 6.07) is 3.33. The number of unbranched alkanes of at least 4 members (excludes halogenated alkanes) is 2. The summed E-state index contributed by atoms with van der Waals surface area (Å²) >= 11 is 0. The minimum atomic E-state index is -1.33. The largest absolute Gasteiger partial charge is 0.508 e. The highest BCUT2D eigenvalue weighted by Crippen LogP contribution is 2.31. The molecule has 0 aromatic heterocycles. The van der Waals surface area contributed by atoms with Crippen molar-refractivity contribution in [2.24, 2.45) is 0 Å². The smallest absolute Gasteiger partial charge is 0.408 e. The minimum absolute atomic E-state index is 0.134. The lowest BCUT2D eigenvalue weighted by atomic mass is 10.00. The van der Waals surface area contributed by atoms with Gasteiger partial charge in [0.2, 0.25) is 11.8 Å². The van der Waals surface area contributed by atoms with Gasteiger partial charge in [0.1, 0.15) is 23.4 Å². The van der Waals surface area contributed by atoms with Crippen molar-refractivity contribution in [1.29, 1.82) is 0 Å². The van der Waals surface area contributed by atoms with Crippen LogP contribution in [0.2, 0.25) is 0 Å². The summed E-state index contributed by atoms with van der Waals surface area (Å²) in [6.07, 6.45) is 1.86. The molecular formula is C24H39N3O6. The maximum atomic E-state index is 13.5. The fourth-order valence-corrected chi connectivity index (χ4v) is 3.31. The number of aromatic hydroxyl groups is 1. The zero-order chi connectivity index (χ0) is 25.2. The maximum absolute atomic E-state index is 13.5. The normalized spacial score (nSPS) is 13.2. The Kier molecular flexibility index (Phi) is 11.1. The molecule has 0 aliphatic carbocycles. The third-order valence-electron chi connectivity index (χ3n) is 4.82. The Balaban J connectivity index is 3.28. The van der Waals surface area contributed by atoms with Crippen LogP contribution in [-0.4, -0.2) is 63.9 Å². The molecule has 0 radical (unpaired) electrons. The van der Waals surface area contributed by atoms with Crippen LogP contribution in [0.4, 0.5) is 4.79 Å². The number of aliphatic hydroxyl groups excluding tert-OH is 1.